The third kappa shape index (κ3) is 25.2. The van der Waals surface area contributed by atoms with E-state index in [-0.39, 0.29) is 37.4 Å². The number of rotatable bonds is 11. The molecular formula is C15H32NNaO4. The van der Waals surface area contributed by atoms with Crippen LogP contribution in [0.15, 0.2) is 0 Å². The number of carboxylic acids is 2. The second-order valence-corrected chi connectivity index (χ2v) is 4.88. The molecule has 0 saturated heterocycles. The molecule has 0 aliphatic carbocycles. The molecular weight excluding hydrogens is 281 g/mol. The van der Waals surface area contributed by atoms with Crippen molar-refractivity contribution in [2.75, 3.05) is 6.54 Å². The van der Waals surface area contributed by atoms with Crippen LogP contribution in [0.5, 0.6) is 0 Å². The molecule has 1 unspecified atom stereocenters. The summed E-state index contributed by atoms with van der Waals surface area (Å²) in [4.78, 5) is 19.8. The van der Waals surface area contributed by atoms with E-state index in [1.807, 2.05) is 0 Å². The van der Waals surface area contributed by atoms with E-state index in [1.54, 1.807) is 13.8 Å². The van der Waals surface area contributed by atoms with Crippen LogP contribution in [0.1, 0.15) is 73.6 Å². The van der Waals surface area contributed by atoms with Gasteiger partial charge in [0.1, 0.15) is 6.04 Å². The van der Waals surface area contributed by atoms with Gasteiger partial charge in [-0.25, -0.2) is 0 Å². The normalized spacial score (nSPS) is 10.8. The number of nitrogens with one attached hydrogen (secondary N) is 1. The fourth-order valence-corrected chi connectivity index (χ4v) is 1.49. The zero-order valence-corrected chi connectivity index (χ0v) is 16.2. The standard InChI is InChI=1S/C12H25NO2.C3H6O2.Na.H/c1-3-4-5-6-7-8-9-10-13-11(2)12(14)15;1-2-3(4)5;;/h11,13H,3-10H2,1-2H3,(H,14,15);2H2,1H3,(H,4,5);;/q;;+1;-1. The number of unbranched alkanes of at least 4 members (excludes halogenated alkanes) is 6. The van der Waals surface area contributed by atoms with Gasteiger partial charge in [0, 0.05) is 6.42 Å². The molecule has 0 fully saturated rings. The number of carbonyl (C=O) groups is 2. The summed E-state index contributed by atoms with van der Waals surface area (Å²) in [6.07, 6.45) is 9.10. The number of hydrogen-bond acceptors (Lipinski definition) is 3. The van der Waals surface area contributed by atoms with Crippen molar-refractivity contribution in [1.82, 2.24) is 5.32 Å². The minimum absolute atomic E-state index is 0. The van der Waals surface area contributed by atoms with Crippen LogP contribution in [0.2, 0.25) is 0 Å². The van der Waals surface area contributed by atoms with Crippen molar-refractivity contribution in [2.24, 2.45) is 0 Å². The van der Waals surface area contributed by atoms with Gasteiger partial charge in [0.2, 0.25) is 0 Å². The van der Waals surface area contributed by atoms with Gasteiger partial charge in [0.05, 0.1) is 0 Å². The molecule has 6 heteroatoms. The van der Waals surface area contributed by atoms with Crippen molar-refractivity contribution >= 4 is 11.9 Å². The van der Waals surface area contributed by atoms with Crippen LogP contribution in [-0.2, 0) is 9.59 Å². The maximum Gasteiger partial charge on any atom is 1.00 e. The van der Waals surface area contributed by atoms with Gasteiger partial charge in [-0.1, -0.05) is 52.4 Å². The molecule has 21 heavy (non-hydrogen) atoms. The van der Waals surface area contributed by atoms with Crippen LogP contribution < -0.4 is 34.9 Å². The summed E-state index contributed by atoms with van der Waals surface area (Å²) in [6, 6.07) is -0.412. The Balaban J connectivity index is -0.000000201. The molecule has 0 radical (unpaired) electrons. The van der Waals surface area contributed by atoms with Crippen LogP contribution in [0.4, 0.5) is 0 Å². The molecule has 122 valence electrons. The second kappa shape index (κ2) is 19.9. The van der Waals surface area contributed by atoms with E-state index in [9.17, 15) is 9.59 Å². The zero-order valence-electron chi connectivity index (χ0n) is 15.2. The minimum atomic E-state index is -0.766. The average molecular weight is 313 g/mol. The number of hydrogen-bond donors (Lipinski definition) is 3. The summed E-state index contributed by atoms with van der Waals surface area (Å²) in [5, 5.41) is 19.3. The average Bonchev–Trinajstić information content (AvgIpc) is 2.42. The van der Waals surface area contributed by atoms with Crippen LogP contribution in [-0.4, -0.2) is 34.7 Å². The smallest absolute Gasteiger partial charge is 1.00 e. The van der Waals surface area contributed by atoms with Crippen molar-refractivity contribution in [1.29, 1.82) is 0 Å². The molecule has 0 rings (SSSR count). The Bertz CT molecular complexity index is 256. The topological polar surface area (TPSA) is 86.6 Å². The molecule has 0 amide bonds. The molecule has 0 spiro atoms. The Morgan fingerprint density at radius 3 is 1.81 bits per heavy atom. The van der Waals surface area contributed by atoms with Crippen molar-refractivity contribution in [3.05, 3.63) is 0 Å². The summed E-state index contributed by atoms with van der Waals surface area (Å²) >= 11 is 0. The molecule has 0 aromatic heterocycles. The first-order chi connectivity index (χ1) is 9.45. The van der Waals surface area contributed by atoms with Crippen LogP contribution in [0.25, 0.3) is 0 Å². The van der Waals surface area contributed by atoms with Gasteiger partial charge < -0.3 is 17.0 Å². The maximum atomic E-state index is 10.5. The largest absolute Gasteiger partial charge is 1.00 e. The van der Waals surface area contributed by atoms with E-state index in [2.05, 4.69) is 12.2 Å². The SMILES string of the molecule is CCC(=O)O.CCCCCCCCCNC(C)C(=O)O.[H-].[Na+]. The Morgan fingerprint density at radius 1 is 1.00 bits per heavy atom. The molecule has 0 saturated carbocycles. The first-order valence-electron chi connectivity index (χ1n) is 7.63. The molecule has 0 heterocycles. The van der Waals surface area contributed by atoms with Gasteiger partial charge in [0.15, 0.2) is 0 Å². The van der Waals surface area contributed by atoms with Crippen molar-refractivity contribution < 1.29 is 50.8 Å². The van der Waals surface area contributed by atoms with Crippen molar-refractivity contribution in [3.63, 3.8) is 0 Å². The van der Waals surface area contributed by atoms with Gasteiger partial charge in [-0.05, 0) is 19.9 Å². The molecule has 3 N–H and O–H groups in total. The summed E-state index contributed by atoms with van der Waals surface area (Å²) in [5.41, 5.74) is 0. The van der Waals surface area contributed by atoms with E-state index in [0.29, 0.717) is 0 Å². The summed E-state index contributed by atoms with van der Waals surface area (Å²) < 4.78 is 0. The second-order valence-electron chi connectivity index (χ2n) is 4.88. The third-order valence-electron chi connectivity index (χ3n) is 2.90. The first-order valence-corrected chi connectivity index (χ1v) is 7.63. The summed E-state index contributed by atoms with van der Waals surface area (Å²) in [5.74, 6) is -1.51. The molecule has 0 aliphatic heterocycles. The Hall–Kier alpha value is -0.100. The molecule has 0 aromatic rings. The van der Waals surface area contributed by atoms with Gasteiger partial charge in [-0.15, -0.1) is 0 Å². The Morgan fingerprint density at radius 2 is 1.43 bits per heavy atom. The van der Waals surface area contributed by atoms with Gasteiger partial charge in [0.25, 0.3) is 0 Å². The number of aliphatic carboxylic acids is 2. The minimum Gasteiger partial charge on any atom is -1.00 e. The molecule has 5 nitrogen and oxygen atoms in total. The van der Waals surface area contributed by atoms with Crippen molar-refractivity contribution in [3.8, 4) is 0 Å². The molecule has 1 atom stereocenters. The summed E-state index contributed by atoms with van der Waals surface area (Å²) in [7, 11) is 0. The fourth-order valence-electron chi connectivity index (χ4n) is 1.49. The van der Waals surface area contributed by atoms with Crippen LogP contribution in [0, 0.1) is 0 Å². The van der Waals surface area contributed by atoms with E-state index in [0.717, 1.165) is 13.0 Å². The van der Waals surface area contributed by atoms with Gasteiger partial charge >= 0.3 is 41.5 Å². The van der Waals surface area contributed by atoms with Crippen molar-refractivity contribution in [2.45, 2.75) is 78.2 Å². The van der Waals surface area contributed by atoms with E-state index < -0.39 is 18.0 Å². The quantitative estimate of drug-likeness (QED) is 0.380. The maximum absolute atomic E-state index is 10.5. The molecule has 0 aromatic carbocycles. The fraction of sp³-hybridized carbons (Fsp3) is 0.867. The monoisotopic (exact) mass is 313 g/mol. The molecule has 0 aliphatic rings. The van der Waals surface area contributed by atoms with Gasteiger partial charge in [-0.3, -0.25) is 9.59 Å². The molecule has 0 bridgehead atoms. The number of carboxylic acid groups (broad SMARTS) is 2. The van der Waals surface area contributed by atoms with Gasteiger partial charge in [-0.2, -0.15) is 0 Å². The summed E-state index contributed by atoms with van der Waals surface area (Å²) in [6.45, 7) is 6.32. The predicted octanol–water partition coefficient (Wildman–Crippen LogP) is 0.397. The van der Waals surface area contributed by atoms with E-state index in [4.69, 9.17) is 10.2 Å². The van der Waals surface area contributed by atoms with E-state index >= 15 is 0 Å². The Kier molecular flexibility index (Phi) is 24.5. The third-order valence-corrected chi connectivity index (χ3v) is 2.90. The first kappa shape index (κ1) is 25.8. The van der Waals surface area contributed by atoms with E-state index in [1.165, 1.54) is 38.5 Å². The zero-order chi connectivity index (χ0) is 15.8. The predicted molar refractivity (Wildman–Crippen MR) is 82.1 cm³/mol. The Labute approximate surface area is 152 Å². The van der Waals surface area contributed by atoms with Crippen LogP contribution >= 0.6 is 0 Å². The van der Waals surface area contributed by atoms with Crippen LogP contribution in [0.3, 0.4) is 0 Å².